The van der Waals surface area contributed by atoms with Crippen molar-refractivity contribution >= 4 is 5.91 Å². The summed E-state index contributed by atoms with van der Waals surface area (Å²) in [6.45, 7) is 2.76. The second-order valence-electron chi connectivity index (χ2n) is 4.58. The standard InChI is InChI=1S/C14H23N3O/c1-3-4-8-13(15)14(18)17(2)11-9-12-7-5-6-10-16-12/h5-7,10,13H,3-4,8-9,11,15H2,1-2H3. The van der Waals surface area contributed by atoms with Crippen LogP contribution in [0.2, 0.25) is 0 Å². The van der Waals surface area contributed by atoms with Crippen LogP contribution < -0.4 is 5.73 Å². The van der Waals surface area contributed by atoms with E-state index in [2.05, 4.69) is 11.9 Å². The van der Waals surface area contributed by atoms with Gasteiger partial charge in [0.05, 0.1) is 6.04 Å². The molecule has 4 heteroatoms. The van der Waals surface area contributed by atoms with Gasteiger partial charge in [0.2, 0.25) is 5.91 Å². The third-order valence-electron chi connectivity index (χ3n) is 2.99. The molecule has 0 saturated heterocycles. The molecule has 2 N–H and O–H groups in total. The maximum Gasteiger partial charge on any atom is 0.239 e. The van der Waals surface area contributed by atoms with Gasteiger partial charge in [0.15, 0.2) is 0 Å². The van der Waals surface area contributed by atoms with Gasteiger partial charge in [-0.15, -0.1) is 0 Å². The smallest absolute Gasteiger partial charge is 0.239 e. The minimum atomic E-state index is -0.362. The Kier molecular flexibility index (Phi) is 6.36. The van der Waals surface area contributed by atoms with E-state index in [1.807, 2.05) is 18.2 Å². The highest BCUT2D eigenvalue weighted by Crippen LogP contribution is 2.03. The van der Waals surface area contributed by atoms with Crippen LogP contribution in [0.25, 0.3) is 0 Å². The highest BCUT2D eigenvalue weighted by atomic mass is 16.2. The molecule has 0 radical (unpaired) electrons. The molecule has 1 amide bonds. The SMILES string of the molecule is CCCCC(N)C(=O)N(C)CCc1ccccn1. The molecule has 1 heterocycles. The van der Waals surface area contributed by atoms with Crippen molar-refractivity contribution in [2.45, 2.75) is 38.6 Å². The first-order chi connectivity index (χ1) is 8.65. The maximum atomic E-state index is 12.0. The highest BCUT2D eigenvalue weighted by molar-refractivity contribution is 5.81. The number of unbranched alkanes of at least 4 members (excludes halogenated alkanes) is 1. The van der Waals surface area contributed by atoms with Crippen molar-refractivity contribution < 1.29 is 4.79 Å². The average molecular weight is 249 g/mol. The highest BCUT2D eigenvalue weighted by Gasteiger charge is 2.17. The van der Waals surface area contributed by atoms with Gasteiger partial charge in [-0.1, -0.05) is 25.8 Å². The van der Waals surface area contributed by atoms with Crippen molar-refractivity contribution in [1.29, 1.82) is 0 Å². The molecular weight excluding hydrogens is 226 g/mol. The van der Waals surface area contributed by atoms with Gasteiger partial charge in [0.25, 0.3) is 0 Å². The van der Waals surface area contributed by atoms with Crippen LogP contribution >= 0.6 is 0 Å². The number of carbonyl (C=O) groups excluding carboxylic acids is 1. The Hall–Kier alpha value is -1.42. The Morgan fingerprint density at radius 2 is 2.28 bits per heavy atom. The lowest BCUT2D eigenvalue weighted by Crippen LogP contribution is -2.42. The number of carbonyl (C=O) groups is 1. The molecule has 1 atom stereocenters. The molecule has 1 unspecified atom stereocenters. The number of rotatable bonds is 7. The number of aromatic nitrogens is 1. The fraction of sp³-hybridized carbons (Fsp3) is 0.571. The first-order valence-corrected chi connectivity index (χ1v) is 6.55. The van der Waals surface area contributed by atoms with Crippen molar-refractivity contribution in [2.75, 3.05) is 13.6 Å². The summed E-state index contributed by atoms with van der Waals surface area (Å²) in [5.74, 6) is 0.0272. The Bertz CT molecular complexity index is 353. The van der Waals surface area contributed by atoms with E-state index >= 15 is 0 Å². The molecule has 0 spiro atoms. The summed E-state index contributed by atoms with van der Waals surface area (Å²) >= 11 is 0. The lowest BCUT2D eigenvalue weighted by atomic mass is 10.1. The summed E-state index contributed by atoms with van der Waals surface area (Å²) in [7, 11) is 1.80. The molecule has 1 rings (SSSR count). The Labute approximate surface area is 109 Å². The molecule has 0 bridgehead atoms. The maximum absolute atomic E-state index is 12.0. The fourth-order valence-electron chi connectivity index (χ4n) is 1.77. The van der Waals surface area contributed by atoms with E-state index in [-0.39, 0.29) is 11.9 Å². The molecule has 1 aromatic rings. The van der Waals surface area contributed by atoms with E-state index in [0.29, 0.717) is 6.54 Å². The summed E-state index contributed by atoms with van der Waals surface area (Å²) in [5.41, 5.74) is 6.87. The number of amides is 1. The summed E-state index contributed by atoms with van der Waals surface area (Å²) in [6.07, 6.45) is 5.37. The number of likely N-dealkylation sites (N-methyl/N-ethyl adjacent to an activating group) is 1. The minimum absolute atomic E-state index is 0.0272. The van der Waals surface area contributed by atoms with E-state index in [1.54, 1.807) is 18.1 Å². The normalized spacial score (nSPS) is 12.2. The molecule has 0 aliphatic rings. The fourth-order valence-corrected chi connectivity index (χ4v) is 1.77. The van der Waals surface area contributed by atoms with E-state index in [1.165, 1.54) is 0 Å². The number of pyridine rings is 1. The summed E-state index contributed by atoms with van der Waals surface area (Å²) in [6, 6.07) is 5.45. The molecule has 1 aromatic heterocycles. The van der Waals surface area contributed by atoms with Gasteiger partial charge in [0.1, 0.15) is 0 Å². The number of nitrogens with zero attached hydrogens (tertiary/aromatic N) is 2. The quantitative estimate of drug-likeness (QED) is 0.798. The zero-order chi connectivity index (χ0) is 13.4. The van der Waals surface area contributed by atoms with Crippen LogP contribution in [-0.4, -0.2) is 35.4 Å². The van der Waals surface area contributed by atoms with Crippen LogP contribution in [0.1, 0.15) is 31.9 Å². The van der Waals surface area contributed by atoms with Crippen molar-refractivity contribution in [3.8, 4) is 0 Å². The summed E-state index contributed by atoms with van der Waals surface area (Å²) < 4.78 is 0. The lowest BCUT2D eigenvalue weighted by molar-refractivity contribution is -0.131. The molecule has 0 aliphatic carbocycles. The topological polar surface area (TPSA) is 59.2 Å². The molecule has 0 fully saturated rings. The van der Waals surface area contributed by atoms with Crippen LogP contribution in [0.3, 0.4) is 0 Å². The Morgan fingerprint density at radius 1 is 1.50 bits per heavy atom. The van der Waals surface area contributed by atoms with Crippen molar-refractivity contribution in [3.63, 3.8) is 0 Å². The van der Waals surface area contributed by atoms with Crippen LogP contribution in [-0.2, 0) is 11.2 Å². The summed E-state index contributed by atoms with van der Waals surface area (Å²) in [4.78, 5) is 17.9. The molecule has 0 aromatic carbocycles. The van der Waals surface area contributed by atoms with Crippen LogP contribution in [0.4, 0.5) is 0 Å². The van der Waals surface area contributed by atoms with Gasteiger partial charge in [-0.3, -0.25) is 9.78 Å². The van der Waals surface area contributed by atoms with E-state index in [0.717, 1.165) is 31.4 Å². The number of nitrogens with two attached hydrogens (primary N) is 1. The first-order valence-electron chi connectivity index (χ1n) is 6.55. The van der Waals surface area contributed by atoms with Crippen molar-refractivity contribution in [2.24, 2.45) is 5.73 Å². The van der Waals surface area contributed by atoms with E-state index < -0.39 is 0 Å². The van der Waals surface area contributed by atoms with E-state index in [9.17, 15) is 4.79 Å². The van der Waals surface area contributed by atoms with Crippen molar-refractivity contribution in [1.82, 2.24) is 9.88 Å². The van der Waals surface area contributed by atoms with Gasteiger partial charge in [-0.2, -0.15) is 0 Å². The van der Waals surface area contributed by atoms with Crippen LogP contribution in [0.15, 0.2) is 24.4 Å². The van der Waals surface area contributed by atoms with Crippen molar-refractivity contribution in [3.05, 3.63) is 30.1 Å². The summed E-state index contributed by atoms with van der Waals surface area (Å²) in [5, 5.41) is 0. The minimum Gasteiger partial charge on any atom is -0.344 e. The third-order valence-corrected chi connectivity index (χ3v) is 2.99. The molecular formula is C14H23N3O. The predicted molar refractivity (Wildman–Crippen MR) is 73.1 cm³/mol. The lowest BCUT2D eigenvalue weighted by Gasteiger charge is -2.21. The van der Waals surface area contributed by atoms with Gasteiger partial charge in [0, 0.05) is 31.9 Å². The molecule has 0 saturated carbocycles. The first kappa shape index (κ1) is 14.6. The second kappa shape index (κ2) is 7.82. The predicted octanol–water partition coefficient (Wildman–Crippen LogP) is 1.60. The number of hydrogen-bond donors (Lipinski definition) is 1. The Balaban J connectivity index is 2.35. The van der Waals surface area contributed by atoms with E-state index in [4.69, 9.17) is 5.73 Å². The average Bonchev–Trinajstić information content (AvgIpc) is 2.42. The van der Waals surface area contributed by atoms with Gasteiger partial charge < -0.3 is 10.6 Å². The second-order valence-corrected chi connectivity index (χ2v) is 4.58. The molecule has 18 heavy (non-hydrogen) atoms. The number of hydrogen-bond acceptors (Lipinski definition) is 3. The van der Waals surface area contributed by atoms with Gasteiger partial charge in [-0.05, 0) is 18.6 Å². The molecule has 0 aliphatic heterocycles. The Morgan fingerprint density at radius 3 is 2.89 bits per heavy atom. The van der Waals surface area contributed by atoms with Gasteiger partial charge >= 0.3 is 0 Å². The third kappa shape index (κ3) is 4.84. The monoisotopic (exact) mass is 249 g/mol. The van der Waals surface area contributed by atoms with Crippen LogP contribution in [0.5, 0.6) is 0 Å². The zero-order valence-electron chi connectivity index (χ0n) is 11.3. The van der Waals surface area contributed by atoms with Crippen LogP contribution in [0, 0.1) is 0 Å². The molecule has 100 valence electrons. The van der Waals surface area contributed by atoms with Gasteiger partial charge in [-0.25, -0.2) is 0 Å². The molecule has 4 nitrogen and oxygen atoms in total. The zero-order valence-corrected chi connectivity index (χ0v) is 11.3. The largest absolute Gasteiger partial charge is 0.344 e.